The minimum atomic E-state index is -2.95. The Bertz CT molecular complexity index is 451. The molecule has 0 saturated carbocycles. The molecule has 25 heavy (non-hydrogen) atoms. The number of hydrogen-bond donors (Lipinski definition) is 2. The summed E-state index contributed by atoms with van der Waals surface area (Å²) in [7, 11) is 2.23. The third-order valence-corrected chi connectivity index (χ3v) is 7.30. The van der Waals surface area contributed by atoms with Crippen molar-refractivity contribution in [2.24, 2.45) is 0 Å². The van der Waals surface area contributed by atoms with Crippen molar-refractivity contribution >= 4 is 66.2 Å². The van der Waals surface area contributed by atoms with Crippen LogP contribution >= 0.6 is 52.4 Å². The molecule has 146 valence electrons. The number of halogens is 1. The lowest BCUT2D eigenvalue weighted by Gasteiger charge is -2.24. The quantitative estimate of drug-likeness (QED) is 0.0756. The van der Waals surface area contributed by atoms with Gasteiger partial charge in [0, 0.05) is 28.1 Å². The van der Waals surface area contributed by atoms with E-state index in [0.29, 0.717) is 18.9 Å². The second-order valence-corrected chi connectivity index (χ2v) is 11.1. The number of carbonyl (C=O) groups excluding carboxylic acids is 1. The molecule has 0 aromatic carbocycles. The average molecular weight is 525 g/mol. The zero-order chi connectivity index (χ0) is 18.9. The molecule has 1 saturated heterocycles. The molecule has 0 aromatic heterocycles. The van der Waals surface area contributed by atoms with Crippen LogP contribution in [0.3, 0.4) is 0 Å². The standard InChI is InChI=1S/C13H26BINO6PS2/c1-13(2,7-16-12(17)3-4-15)25-24-8-20-9-5-11(14)22-10(9)6-21-23(18)19/h9-11,23H,3-8,14H2,1-2H3,(H,16,17)(H,18,19)/t9-,10-,11-/m1/s1. The Kier molecular flexibility index (Phi) is 12.0. The Labute approximate surface area is 172 Å². The number of amides is 1. The van der Waals surface area contributed by atoms with Crippen LogP contribution in [0.15, 0.2) is 0 Å². The van der Waals surface area contributed by atoms with Crippen molar-refractivity contribution in [2.75, 3.05) is 23.5 Å². The van der Waals surface area contributed by atoms with Crippen LogP contribution < -0.4 is 5.32 Å². The van der Waals surface area contributed by atoms with Crippen molar-refractivity contribution in [1.82, 2.24) is 5.32 Å². The van der Waals surface area contributed by atoms with Crippen LogP contribution in [0.25, 0.3) is 0 Å². The number of ether oxygens (including phenoxy) is 2. The van der Waals surface area contributed by atoms with E-state index in [0.717, 1.165) is 10.8 Å². The molecule has 1 fully saturated rings. The van der Waals surface area contributed by atoms with Gasteiger partial charge in [-0.1, -0.05) is 44.2 Å². The van der Waals surface area contributed by atoms with Crippen LogP contribution in [-0.2, 0) is 23.4 Å². The monoisotopic (exact) mass is 525 g/mol. The summed E-state index contributed by atoms with van der Waals surface area (Å²) < 4.78 is 27.7. The lowest BCUT2D eigenvalue weighted by atomic mass is 9.96. The van der Waals surface area contributed by atoms with Crippen molar-refractivity contribution in [3.63, 3.8) is 0 Å². The van der Waals surface area contributed by atoms with Gasteiger partial charge in [0.25, 0.3) is 0 Å². The second-order valence-electron chi connectivity index (χ2n) is 6.30. The van der Waals surface area contributed by atoms with Gasteiger partial charge in [-0.25, -0.2) is 0 Å². The van der Waals surface area contributed by atoms with E-state index >= 15 is 0 Å². The first-order valence-electron chi connectivity index (χ1n) is 7.99. The maximum atomic E-state index is 11.5. The molecular weight excluding hydrogens is 499 g/mol. The van der Waals surface area contributed by atoms with E-state index in [-0.39, 0.29) is 35.5 Å². The summed E-state index contributed by atoms with van der Waals surface area (Å²) >= 11 is 2.19. The van der Waals surface area contributed by atoms with Crippen LogP contribution in [0, 0.1) is 0 Å². The Morgan fingerprint density at radius 1 is 1.56 bits per heavy atom. The summed E-state index contributed by atoms with van der Waals surface area (Å²) in [5, 5.41) is 2.94. The summed E-state index contributed by atoms with van der Waals surface area (Å²) in [6.07, 6.45) is 0.820. The molecular formula is C13H26BINO6PS2. The summed E-state index contributed by atoms with van der Waals surface area (Å²) in [4.78, 5) is 20.3. The van der Waals surface area contributed by atoms with E-state index < -0.39 is 8.25 Å². The van der Waals surface area contributed by atoms with Crippen LogP contribution in [0.4, 0.5) is 0 Å². The van der Waals surface area contributed by atoms with E-state index in [9.17, 15) is 9.36 Å². The Hall–Kier alpha value is 1.03. The fourth-order valence-corrected chi connectivity index (χ4v) is 5.18. The van der Waals surface area contributed by atoms with Gasteiger partial charge in [0.15, 0.2) is 0 Å². The zero-order valence-electron chi connectivity index (χ0n) is 14.7. The van der Waals surface area contributed by atoms with Gasteiger partial charge in [-0.2, -0.15) is 0 Å². The number of alkyl halides is 1. The summed E-state index contributed by atoms with van der Waals surface area (Å²) in [5.74, 6) is 0.550. The minimum Gasteiger partial charge on any atom is -0.379 e. The van der Waals surface area contributed by atoms with Gasteiger partial charge in [0.2, 0.25) is 5.91 Å². The van der Waals surface area contributed by atoms with Gasteiger partial charge >= 0.3 is 8.25 Å². The first-order valence-corrected chi connectivity index (χ1v) is 13.1. The highest BCUT2D eigenvalue weighted by Crippen LogP contribution is 2.36. The van der Waals surface area contributed by atoms with E-state index in [1.165, 1.54) is 0 Å². The van der Waals surface area contributed by atoms with Crippen LogP contribution in [0.1, 0.15) is 26.7 Å². The van der Waals surface area contributed by atoms with Crippen LogP contribution in [0.2, 0.25) is 0 Å². The third-order valence-electron chi connectivity index (χ3n) is 3.40. The lowest BCUT2D eigenvalue weighted by molar-refractivity contribution is -0.120. The maximum Gasteiger partial charge on any atom is 0.316 e. The molecule has 1 amide bonds. The van der Waals surface area contributed by atoms with Crippen molar-refractivity contribution in [2.45, 2.75) is 49.6 Å². The molecule has 0 radical (unpaired) electrons. The molecule has 1 aliphatic heterocycles. The van der Waals surface area contributed by atoms with Crippen molar-refractivity contribution in [3.05, 3.63) is 0 Å². The van der Waals surface area contributed by atoms with Crippen molar-refractivity contribution in [1.29, 1.82) is 0 Å². The molecule has 1 heterocycles. The second kappa shape index (κ2) is 12.5. The van der Waals surface area contributed by atoms with Crippen molar-refractivity contribution < 1.29 is 28.3 Å². The normalized spacial score (nSPS) is 25.0. The lowest BCUT2D eigenvalue weighted by Crippen LogP contribution is -2.36. The third kappa shape index (κ3) is 10.8. The first-order chi connectivity index (χ1) is 11.7. The first kappa shape index (κ1) is 24.1. The van der Waals surface area contributed by atoms with E-state index in [4.69, 9.17) is 18.9 Å². The molecule has 1 rings (SSSR count). The van der Waals surface area contributed by atoms with Gasteiger partial charge in [0.1, 0.15) is 19.9 Å². The molecule has 0 bridgehead atoms. The molecule has 0 aliphatic carbocycles. The zero-order valence-corrected chi connectivity index (χ0v) is 19.4. The Morgan fingerprint density at radius 2 is 2.28 bits per heavy atom. The highest BCUT2D eigenvalue weighted by Gasteiger charge is 2.34. The van der Waals surface area contributed by atoms with E-state index in [2.05, 4.69) is 41.8 Å². The highest BCUT2D eigenvalue weighted by molar-refractivity contribution is 14.1. The maximum absolute atomic E-state index is 11.5. The summed E-state index contributed by atoms with van der Waals surface area (Å²) in [6, 6.07) is 0.0434. The van der Waals surface area contributed by atoms with Crippen LogP contribution in [0.5, 0.6) is 0 Å². The largest absolute Gasteiger partial charge is 0.379 e. The van der Waals surface area contributed by atoms with Gasteiger partial charge in [-0.15, -0.1) is 0 Å². The molecule has 12 heteroatoms. The highest BCUT2D eigenvalue weighted by atomic mass is 127. The predicted octanol–water partition coefficient (Wildman–Crippen LogP) is 1.58. The fraction of sp³-hybridized carbons (Fsp3) is 0.923. The van der Waals surface area contributed by atoms with E-state index in [1.54, 1.807) is 21.6 Å². The number of carbonyl (C=O) groups is 1. The van der Waals surface area contributed by atoms with Crippen molar-refractivity contribution in [3.8, 4) is 0 Å². The molecule has 1 aliphatic rings. The van der Waals surface area contributed by atoms with Gasteiger partial charge in [0.05, 0.1) is 12.7 Å². The van der Waals surface area contributed by atoms with Gasteiger partial charge in [-0.05, 0) is 20.3 Å². The van der Waals surface area contributed by atoms with E-state index in [1.807, 2.05) is 7.85 Å². The summed E-state index contributed by atoms with van der Waals surface area (Å²) in [5.41, 5.74) is 0. The summed E-state index contributed by atoms with van der Waals surface area (Å²) in [6.45, 7) is 4.82. The molecule has 0 spiro atoms. The van der Waals surface area contributed by atoms with Gasteiger partial charge in [-0.3, -0.25) is 9.36 Å². The number of nitrogens with one attached hydrogen (secondary N) is 1. The Balaban J connectivity index is 2.26. The SMILES string of the molecule is B[C@H]1C[C@@H](OCSSC(C)(C)CNC(=O)CCI)[C@@H](CO[PH](=O)O)O1. The molecule has 7 nitrogen and oxygen atoms in total. The van der Waals surface area contributed by atoms with Gasteiger partial charge < -0.3 is 24.2 Å². The molecule has 1 unspecified atom stereocenters. The smallest absolute Gasteiger partial charge is 0.316 e. The fourth-order valence-electron chi connectivity index (χ4n) is 2.21. The Morgan fingerprint density at radius 3 is 2.92 bits per heavy atom. The predicted molar refractivity (Wildman–Crippen MR) is 115 cm³/mol. The molecule has 4 atom stereocenters. The molecule has 0 aromatic rings. The number of hydrogen-bond acceptors (Lipinski definition) is 7. The average Bonchev–Trinajstić information content (AvgIpc) is 2.88. The van der Waals surface area contributed by atoms with Crippen LogP contribution in [-0.4, -0.2) is 65.1 Å². The minimum absolute atomic E-state index is 0.0434. The number of rotatable bonds is 12. The molecule has 2 N–H and O–H groups in total. The topological polar surface area (TPSA) is 94.1 Å².